The molecular weight excluding hydrogens is 1510 g/mol. The molecule has 5 rings (SSSR count). The van der Waals surface area contributed by atoms with Crippen molar-refractivity contribution in [3.05, 3.63) is 102 Å². The van der Waals surface area contributed by atoms with Crippen LogP contribution >= 0.6 is 0 Å². The summed E-state index contributed by atoms with van der Waals surface area (Å²) in [5.74, 6) is 17.5. The third kappa shape index (κ3) is 111. The summed E-state index contributed by atoms with van der Waals surface area (Å²) in [6.07, 6.45) is 49.8. The van der Waals surface area contributed by atoms with Gasteiger partial charge in [0.1, 0.15) is 23.4 Å². The average molecular weight is 1750 g/mol. The molecule has 1 fully saturated rings. The molecule has 0 aromatic heterocycles. The van der Waals surface area contributed by atoms with Crippen molar-refractivity contribution in [2.45, 2.75) is 535 Å². The lowest BCUT2D eigenvalue weighted by molar-refractivity contribution is -0.131. The maximum atomic E-state index is 11.3. The number of rotatable bonds is 41. The number of carbonyl (C=O) groups excluding carboxylic acids is 1. The van der Waals surface area contributed by atoms with Gasteiger partial charge in [-0.15, -0.1) is 0 Å². The second kappa shape index (κ2) is 94.2. The summed E-state index contributed by atoms with van der Waals surface area (Å²) >= 11 is 0. The van der Waals surface area contributed by atoms with E-state index in [1.54, 1.807) is 0 Å². The van der Waals surface area contributed by atoms with Gasteiger partial charge in [0.05, 0.1) is 0 Å². The van der Waals surface area contributed by atoms with Crippen LogP contribution in [0.15, 0.2) is 85.2 Å². The fourth-order valence-electron chi connectivity index (χ4n) is 13.5. The van der Waals surface area contributed by atoms with Crippen molar-refractivity contribution >= 4 is 11.7 Å². The third-order valence-corrected chi connectivity index (χ3v) is 22.0. The van der Waals surface area contributed by atoms with Gasteiger partial charge < -0.3 is 19.1 Å². The number of amides is 1. The molecule has 0 N–H and O–H groups in total. The van der Waals surface area contributed by atoms with E-state index < -0.39 is 0 Å². The highest BCUT2D eigenvalue weighted by Gasteiger charge is 2.29. The molecule has 0 spiro atoms. The number of nitrogens with zero attached hydrogens (tertiary/aromatic N) is 1. The molecule has 124 heavy (non-hydrogen) atoms. The van der Waals surface area contributed by atoms with E-state index in [1.807, 2.05) is 31.7 Å². The molecule has 3 aliphatic rings. The minimum atomic E-state index is 0. The average Bonchev–Trinajstić information content (AvgIpc) is 1.66. The van der Waals surface area contributed by atoms with Gasteiger partial charge in [0.25, 0.3) is 5.95 Å². The maximum Gasteiger partial charge on any atom is 0.282 e. The molecule has 1 amide bonds. The van der Waals surface area contributed by atoms with Gasteiger partial charge in [0, 0.05) is 37.1 Å². The number of benzene rings is 2. The zero-order valence-corrected chi connectivity index (χ0v) is 92.5. The summed E-state index contributed by atoms with van der Waals surface area (Å²) in [6, 6.07) is 18.9. The van der Waals surface area contributed by atoms with E-state index in [0.717, 1.165) is 120 Å². The first-order valence-electron chi connectivity index (χ1n) is 52.9. The van der Waals surface area contributed by atoms with Crippen LogP contribution in [0.3, 0.4) is 0 Å². The first-order chi connectivity index (χ1) is 57.4. The third-order valence-electron chi connectivity index (χ3n) is 22.0. The normalized spacial score (nSPS) is 13.3. The zero-order valence-electron chi connectivity index (χ0n) is 92.5. The smallest absolute Gasteiger partial charge is 0.282 e. The molecule has 1 saturated carbocycles. The van der Waals surface area contributed by atoms with Crippen molar-refractivity contribution in [3.63, 3.8) is 0 Å². The largest absolute Gasteiger partial charge is 0.485 e. The Hall–Kier alpha value is -3.47. The van der Waals surface area contributed by atoms with E-state index in [9.17, 15) is 4.79 Å². The lowest BCUT2D eigenvalue weighted by Crippen LogP contribution is -2.31. The molecule has 0 radical (unpaired) electrons. The molecule has 5 nitrogen and oxygen atoms in total. The first-order valence-corrected chi connectivity index (χ1v) is 52.9. The first kappa shape index (κ1) is 138. The number of hydrogen-bond donors (Lipinski definition) is 0. The van der Waals surface area contributed by atoms with Crippen LogP contribution in [-0.2, 0) is 25.4 Å². The van der Waals surface area contributed by atoms with Crippen LogP contribution in [0.5, 0.6) is 0 Å². The quantitative estimate of drug-likeness (QED) is 0.0623. The minimum Gasteiger partial charge on any atom is -0.485 e. The number of fused-ring (bicyclic) bond motifs is 1. The van der Waals surface area contributed by atoms with Crippen LogP contribution in [0.4, 0.5) is 0 Å². The second-order valence-electron chi connectivity index (χ2n) is 44.1. The van der Waals surface area contributed by atoms with Gasteiger partial charge in [0.2, 0.25) is 5.91 Å². The Morgan fingerprint density at radius 3 is 1.11 bits per heavy atom. The molecule has 5 heteroatoms. The SMILES string of the molecule is C.C=C1OC(C(C)C)c2ccccc21.C=C1OC(C)=C(CC(C)C)O1.CC(C)CCC(C)(C)C.CC(C)CCC(C)C.CC(C)CCC1CCCCC1.CC(C)CCCC(C)C.CC(C)Cc1ccccc1.CCC(C)C.CCC(CC)CC(C)C.CCCCCC(C)C.CCCCCCC(C)C.CCCCCCCC(C)C.CCN(CC)C(=O)CC(C)C. The molecular formula is C119H237NO4. The highest BCUT2D eigenvalue weighted by Crippen LogP contribution is 2.41. The number of ether oxygens (including phenoxy) is 3. The molecule has 742 valence electrons. The van der Waals surface area contributed by atoms with E-state index in [0.29, 0.717) is 35.5 Å². The number of unbranched alkanes of at least 4 members (excludes halogenated alkanes) is 9. The Labute approximate surface area is 787 Å². The molecule has 1 aliphatic carbocycles. The van der Waals surface area contributed by atoms with Gasteiger partial charge in [-0.2, -0.15) is 0 Å². The second-order valence-corrected chi connectivity index (χ2v) is 44.1. The Morgan fingerprint density at radius 1 is 0.411 bits per heavy atom. The lowest BCUT2D eigenvalue weighted by atomic mass is 9.85. The fourth-order valence-corrected chi connectivity index (χ4v) is 13.5. The number of hydrogen-bond acceptors (Lipinski definition) is 4. The van der Waals surface area contributed by atoms with Gasteiger partial charge in [-0.3, -0.25) is 4.79 Å². The monoisotopic (exact) mass is 1740 g/mol. The number of carbonyl (C=O) groups is 1. The molecule has 0 bridgehead atoms. The fraction of sp³-hybridized carbons (Fsp3) is 0.840. The van der Waals surface area contributed by atoms with Crippen LogP contribution in [0.1, 0.15) is 546 Å². The van der Waals surface area contributed by atoms with E-state index in [4.69, 9.17) is 14.2 Å². The summed E-state index contributed by atoms with van der Waals surface area (Å²) in [6.45, 7) is 103. The summed E-state index contributed by atoms with van der Waals surface area (Å²) in [4.78, 5) is 13.2. The van der Waals surface area contributed by atoms with Gasteiger partial charge in [-0.1, -0.05) is 538 Å². The Bertz CT molecular complexity index is 2480. The standard InChI is InChI=1S/C12H14O.C11H22.C10H14.C10H22.C9H19NO.C9H14O2.4C9H20.2C8H18.C5H12.CH4/c1-8(2)12-11-7-5-4-6-10(11)9(3)13-12;1-10(2)8-9-11-6-4-3-5-7-11;1-9(2)8-10-6-4-3-5-7-10;1-4-5-6-7-8-9-10(2)3;1-5-10(6-2)9(11)7-8(3)4;1-6(2)5-9-7(3)10-8(4)11-9;1-8(2)6-7-9(3,4)5;1-8(2)6-5-7-9(3)4;1-5-9(6-2)7-8(3)4;1-4-5-6-7-8-9(2)3;1-7(2)5-6-8(3)4;1-4-5-6-7-8(2)3;1-4-5(2)3;/h4-8,12H,3H2,1-2H3;10-11H,3-9H2,1-2H3;3-7,9H,8H2,1-2H3;10H,4-9H2,1-3H3;8H,5-7H2,1-4H3;6H,4-5H2,1-3H3;8H,6-7H2,1-5H3;2*8-9H,5-7H2,1-4H3;9H,4-8H2,1-3H3;7-8H,5-6H2,1-4H3;8H,4-7H2,1-3H3;5H,4H2,1-3H3;1H4. The summed E-state index contributed by atoms with van der Waals surface area (Å²) in [5, 5.41) is 0. The molecule has 0 saturated heterocycles. The highest BCUT2D eigenvalue weighted by atomic mass is 16.7. The molecule has 1 atom stereocenters. The minimum absolute atomic E-state index is 0. The van der Waals surface area contributed by atoms with Gasteiger partial charge in [-0.25, -0.2) is 0 Å². The van der Waals surface area contributed by atoms with Crippen LogP contribution in [0, 0.1) is 106 Å². The Kier molecular flexibility index (Phi) is 105. The summed E-state index contributed by atoms with van der Waals surface area (Å²) < 4.78 is 16.1. The molecule has 2 aromatic carbocycles. The van der Waals surface area contributed by atoms with Crippen molar-refractivity contribution < 1.29 is 19.0 Å². The Morgan fingerprint density at radius 2 is 0.790 bits per heavy atom. The van der Waals surface area contributed by atoms with Crippen molar-refractivity contribution in [1.29, 1.82) is 0 Å². The zero-order chi connectivity index (χ0) is 96.4. The van der Waals surface area contributed by atoms with Crippen molar-refractivity contribution in [1.82, 2.24) is 4.90 Å². The lowest BCUT2D eigenvalue weighted by Gasteiger charge is -2.21. The van der Waals surface area contributed by atoms with Crippen LogP contribution in [0.2, 0.25) is 0 Å². The van der Waals surface area contributed by atoms with Gasteiger partial charge in [0.15, 0.2) is 0 Å². The van der Waals surface area contributed by atoms with E-state index >= 15 is 0 Å². The molecule has 2 heterocycles. The van der Waals surface area contributed by atoms with E-state index in [1.165, 1.54) is 235 Å². The summed E-state index contributed by atoms with van der Waals surface area (Å²) in [7, 11) is 0. The predicted octanol–water partition coefficient (Wildman–Crippen LogP) is 42.0. The van der Waals surface area contributed by atoms with Crippen LogP contribution < -0.4 is 0 Å². The predicted molar refractivity (Wildman–Crippen MR) is 573 cm³/mol. The van der Waals surface area contributed by atoms with E-state index in [2.05, 4.69) is 332 Å². The van der Waals surface area contributed by atoms with Crippen molar-refractivity contribution in [2.75, 3.05) is 13.1 Å². The topological polar surface area (TPSA) is 48.0 Å². The highest BCUT2D eigenvalue weighted by molar-refractivity contribution is 5.76. The van der Waals surface area contributed by atoms with Gasteiger partial charge in [-0.05, 0) is 158 Å². The molecule has 1 unspecified atom stereocenters. The maximum absolute atomic E-state index is 11.3. The summed E-state index contributed by atoms with van der Waals surface area (Å²) in [5.41, 5.74) is 4.42. The molecule has 2 aliphatic heterocycles. The van der Waals surface area contributed by atoms with Crippen molar-refractivity contribution in [2.24, 2.45) is 106 Å². The number of allylic oxidation sites excluding steroid dienone is 2. The van der Waals surface area contributed by atoms with Crippen LogP contribution in [0.25, 0.3) is 5.76 Å². The van der Waals surface area contributed by atoms with E-state index in [-0.39, 0.29) is 19.4 Å². The molecule has 2 aromatic rings. The Balaban J connectivity index is -0.000000166. The van der Waals surface area contributed by atoms with Crippen molar-refractivity contribution in [3.8, 4) is 0 Å². The van der Waals surface area contributed by atoms with Crippen LogP contribution in [-0.4, -0.2) is 23.9 Å². The van der Waals surface area contributed by atoms with Gasteiger partial charge >= 0.3 is 0 Å².